The van der Waals surface area contributed by atoms with Crippen LogP contribution < -0.4 is 4.90 Å². The van der Waals surface area contributed by atoms with Crippen LogP contribution in [0.1, 0.15) is 0 Å². The van der Waals surface area contributed by atoms with E-state index >= 15 is 0 Å². The molecule has 10 aromatic carbocycles. The van der Waals surface area contributed by atoms with E-state index in [1.54, 1.807) is 0 Å². The Bertz CT molecular complexity index is 3090. The van der Waals surface area contributed by atoms with Crippen LogP contribution >= 0.6 is 0 Å². The molecule has 2 nitrogen and oxygen atoms in total. The van der Waals surface area contributed by atoms with E-state index in [9.17, 15) is 0 Å². The van der Waals surface area contributed by atoms with Crippen molar-refractivity contribution in [3.8, 4) is 22.5 Å². The SMILES string of the molecule is c1cc(-c2cc3ccccc3o2)cc(-c2ccc(N(c3cc4ccccc4c4ccccc34)c3cc4ccccc4c4ccccc34)c3ccccc23)c1. The summed E-state index contributed by atoms with van der Waals surface area (Å²) in [6.45, 7) is 0. The van der Waals surface area contributed by atoms with Gasteiger partial charge in [0.2, 0.25) is 0 Å². The van der Waals surface area contributed by atoms with Crippen LogP contribution in [-0.4, -0.2) is 0 Å². The molecule has 11 aromatic rings. The molecule has 0 saturated carbocycles. The van der Waals surface area contributed by atoms with Crippen molar-refractivity contribution in [3.63, 3.8) is 0 Å². The maximum atomic E-state index is 6.31. The van der Waals surface area contributed by atoms with Crippen LogP contribution in [0.15, 0.2) is 205 Å². The van der Waals surface area contributed by atoms with E-state index in [1.165, 1.54) is 59.4 Å². The molecular formula is C52H33NO. The molecule has 0 unspecified atom stereocenters. The first-order chi connectivity index (χ1) is 26.8. The highest BCUT2D eigenvalue weighted by molar-refractivity contribution is 6.20. The smallest absolute Gasteiger partial charge is 0.135 e. The van der Waals surface area contributed by atoms with E-state index in [4.69, 9.17) is 4.42 Å². The van der Waals surface area contributed by atoms with Crippen molar-refractivity contribution in [1.82, 2.24) is 0 Å². The van der Waals surface area contributed by atoms with Gasteiger partial charge in [0.1, 0.15) is 11.3 Å². The van der Waals surface area contributed by atoms with Gasteiger partial charge in [-0.1, -0.05) is 164 Å². The van der Waals surface area contributed by atoms with Crippen LogP contribution in [0.3, 0.4) is 0 Å². The standard InChI is InChI=1S/C52H33NO/c1-4-19-39-35(14-1)31-49(46-25-10-7-21-42(39)46)53(50-32-36-15-2-5-20-40(36)43-22-8-11-26-47(43)50)48-29-28-41(44-23-6-9-24-45(44)48)34-17-13-18-37(30-34)52-33-38-16-3-12-27-51(38)54-52/h1-33H. The average Bonchev–Trinajstić information content (AvgIpc) is 3.69. The van der Waals surface area contributed by atoms with Crippen molar-refractivity contribution in [1.29, 1.82) is 0 Å². The summed E-state index contributed by atoms with van der Waals surface area (Å²) in [6.07, 6.45) is 0. The number of fused-ring (bicyclic) bond motifs is 8. The Morgan fingerprint density at radius 1 is 0.296 bits per heavy atom. The fourth-order valence-corrected chi connectivity index (χ4v) is 8.52. The van der Waals surface area contributed by atoms with Crippen LogP contribution in [0.5, 0.6) is 0 Å². The molecule has 0 aliphatic rings. The first kappa shape index (κ1) is 30.5. The molecule has 1 heterocycles. The van der Waals surface area contributed by atoms with E-state index in [0.29, 0.717) is 0 Å². The van der Waals surface area contributed by atoms with Gasteiger partial charge in [-0.15, -0.1) is 0 Å². The number of nitrogens with zero attached hydrogens (tertiary/aromatic N) is 1. The van der Waals surface area contributed by atoms with Gasteiger partial charge in [-0.2, -0.15) is 0 Å². The predicted octanol–water partition coefficient (Wildman–Crippen LogP) is 15.0. The van der Waals surface area contributed by atoms with Gasteiger partial charge in [0.25, 0.3) is 0 Å². The number of rotatable bonds is 5. The molecule has 0 atom stereocenters. The molecule has 0 saturated heterocycles. The Labute approximate surface area is 312 Å². The molecule has 54 heavy (non-hydrogen) atoms. The van der Waals surface area contributed by atoms with E-state index in [2.05, 4.69) is 193 Å². The number of hydrogen-bond donors (Lipinski definition) is 0. The first-order valence-electron chi connectivity index (χ1n) is 18.5. The minimum absolute atomic E-state index is 0.872. The molecule has 0 spiro atoms. The summed E-state index contributed by atoms with van der Waals surface area (Å²) in [4.78, 5) is 2.51. The number of benzene rings is 10. The van der Waals surface area contributed by atoms with Crippen LogP contribution in [-0.2, 0) is 0 Å². The molecule has 0 aliphatic heterocycles. The van der Waals surface area contributed by atoms with Crippen LogP contribution in [0.2, 0.25) is 0 Å². The first-order valence-corrected chi connectivity index (χ1v) is 18.5. The van der Waals surface area contributed by atoms with Crippen LogP contribution in [0.4, 0.5) is 17.1 Å². The molecule has 0 aliphatic carbocycles. The number of anilines is 3. The highest BCUT2D eigenvalue weighted by atomic mass is 16.3. The van der Waals surface area contributed by atoms with Crippen molar-refractivity contribution in [2.45, 2.75) is 0 Å². The van der Waals surface area contributed by atoms with Crippen molar-refractivity contribution < 1.29 is 4.42 Å². The van der Waals surface area contributed by atoms with E-state index < -0.39 is 0 Å². The molecular weight excluding hydrogens is 655 g/mol. The fourth-order valence-electron chi connectivity index (χ4n) is 8.52. The average molecular weight is 688 g/mol. The Morgan fingerprint density at radius 3 is 1.39 bits per heavy atom. The Kier molecular flexibility index (Phi) is 6.90. The molecule has 0 amide bonds. The fraction of sp³-hybridized carbons (Fsp3) is 0. The normalized spacial score (nSPS) is 11.7. The summed E-state index contributed by atoms with van der Waals surface area (Å²) < 4.78 is 6.31. The second-order valence-electron chi connectivity index (χ2n) is 14.1. The lowest BCUT2D eigenvalue weighted by Gasteiger charge is -2.30. The third kappa shape index (κ3) is 4.81. The molecule has 2 heteroatoms. The van der Waals surface area contributed by atoms with Crippen LogP contribution in [0, 0.1) is 0 Å². The van der Waals surface area contributed by atoms with E-state index in [-0.39, 0.29) is 0 Å². The topological polar surface area (TPSA) is 16.4 Å². The Morgan fingerprint density at radius 2 is 0.778 bits per heavy atom. The van der Waals surface area contributed by atoms with E-state index in [1.807, 2.05) is 12.1 Å². The monoisotopic (exact) mass is 687 g/mol. The Hall–Kier alpha value is -7.16. The van der Waals surface area contributed by atoms with Gasteiger partial charge in [0.05, 0.1) is 17.1 Å². The van der Waals surface area contributed by atoms with Gasteiger partial charge in [0.15, 0.2) is 0 Å². The Balaban J connectivity index is 1.19. The van der Waals surface area contributed by atoms with Crippen molar-refractivity contribution in [3.05, 3.63) is 200 Å². The summed E-state index contributed by atoms with van der Waals surface area (Å²) in [6, 6.07) is 72.5. The van der Waals surface area contributed by atoms with Gasteiger partial charge in [0, 0.05) is 27.1 Å². The lowest BCUT2D eigenvalue weighted by molar-refractivity contribution is 0.631. The molecule has 1 aromatic heterocycles. The maximum Gasteiger partial charge on any atom is 0.135 e. The van der Waals surface area contributed by atoms with Crippen molar-refractivity contribution in [2.24, 2.45) is 0 Å². The zero-order chi connectivity index (χ0) is 35.6. The second-order valence-corrected chi connectivity index (χ2v) is 14.1. The number of hydrogen-bond acceptors (Lipinski definition) is 2. The summed E-state index contributed by atoms with van der Waals surface area (Å²) >= 11 is 0. The minimum Gasteiger partial charge on any atom is -0.456 e. The van der Waals surface area contributed by atoms with Gasteiger partial charge in [-0.05, 0) is 85.2 Å². The van der Waals surface area contributed by atoms with Gasteiger partial charge in [-0.25, -0.2) is 0 Å². The van der Waals surface area contributed by atoms with Crippen LogP contribution in [0.25, 0.3) is 87.3 Å². The largest absolute Gasteiger partial charge is 0.456 e. The number of para-hydroxylation sites is 1. The second kappa shape index (κ2) is 12.2. The van der Waals surface area contributed by atoms with E-state index in [0.717, 1.165) is 44.9 Å². The van der Waals surface area contributed by atoms with Crippen molar-refractivity contribution >= 4 is 81.9 Å². The molecule has 0 N–H and O–H groups in total. The molecule has 0 fully saturated rings. The third-order valence-corrected chi connectivity index (χ3v) is 11.0. The maximum absolute atomic E-state index is 6.31. The zero-order valence-electron chi connectivity index (χ0n) is 29.4. The van der Waals surface area contributed by atoms with Gasteiger partial charge in [-0.3, -0.25) is 0 Å². The molecule has 0 bridgehead atoms. The lowest BCUT2D eigenvalue weighted by Crippen LogP contribution is -2.12. The molecule has 0 radical (unpaired) electrons. The highest BCUT2D eigenvalue weighted by Gasteiger charge is 2.23. The summed E-state index contributed by atoms with van der Waals surface area (Å²) in [7, 11) is 0. The lowest BCUT2D eigenvalue weighted by atomic mass is 9.93. The summed E-state index contributed by atoms with van der Waals surface area (Å²) in [5.74, 6) is 0.872. The quantitative estimate of drug-likeness (QED) is 0.168. The predicted molar refractivity (Wildman–Crippen MR) is 229 cm³/mol. The van der Waals surface area contributed by atoms with Gasteiger partial charge < -0.3 is 9.32 Å². The third-order valence-electron chi connectivity index (χ3n) is 11.0. The summed E-state index contributed by atoms with van der Waals surface area (Å²) in [5.41, 5.74) is 7.71. The summed E-state index contributed by atoms with van der Waals surface area (Å²) in [5, 5.41) is 13.3. The zero-order valence-corrected chi connectivity index (χ0v) is 29.4. The molecule has 252 valence electrons. The molecule has 11 rings (SSSR count). The number of furan rings is 1. The van der Waals surface area contributed by atoms with Gasteiger partial charge >= 0.3 is 0 Å². The minimum atomic E-state index is 0.872. The van der Waals surface area contributed by atoms with Crippen molar-refractivity contribution in [2.75, 3.05) is 4.90 Å². The highest BCUT2D eigenvalue weighted by Crippen LogP contribution is 2.49.